The molecule has 0 radical (unpaired) electrons. The number of guanidine groups is 1. The van der Waals surface area contributed by atoms with Crippen LogP contribution in [-0.4, -0.2) is 23.0 Å². The first-order valence-corrected chi connectivity index (χ1v) is 8.83. The Bertz CT molecular complexity index is 1020. The Hall–Kier alpha value is -3.54. The molecule has 0 unspecified atom stereocenters. The molecule has 0 fully saturated rings. The molecule has 27 heavy (non-hydrogen) atoms. The largest absolute Gasteiger partial charge is 0.444 e. The van der Waals surface area contributed by atoms with E-state index in [4.69, 9.17) is 4.42 Å². The van der Waals surface area contributed by atoms with Crippen LogP contribution in [0.15, 0.2) is 76.3 Å². The van der Waals surface area contributed by atoms with Crippen molar-refractivity contribution in [3.63, 3.8) is 0 Å². The van der Waals surface area contributed by atoms with Gasteiger partial charge in [0.2, 0.25) is 5.89 Å². The van der Waals surface area contributed by atoms with E-state index in [0.717, 1.165) is 22.5 Å². The monoisotopic (exact) mass is 359 g/mol. The van der Waals surface area contributed by atoms with Gasteiger partial charge in [0.15, 0.2) is 5.96 Å². The zero-order valence-corrected chi connectivity index (χ0v) is 15.1. The molecule has 0 atom stereocenters. The van der Waals surface area contributed by atoms with Gasteiger partial charge in [-0.2, -0.15) is 0 Å². The molecule has 0 bridgehead atoms. The molecule has 4 rings (SSSR count). The van der Waals surface area contributed by atoms with E-state index < -0.39 is 0 Å². The summed E-state index contributed by atoms with van der Waals surface area (Å²) in [5, 5.41) is 7.76. The van der Waals surface area contributed by atoms with Gasteiger partial charge in [0, 0.05) is 23.8 Å². The summed E-state index contributed by atoms with van der Waals surface area (Å²) in [5.74, 6) is 1.33. The lowest BCUT2D eigenvalue weighted by Crippen LogP contribution is -2.36. The molecule has 3 N–H and O–H groups in total. The van der Waals surface area contributed by atoms with Crippen LogP contribution in [0.25, 0.3) is 22.4 Å². The van der Waals surface area contributed by atoms with Gasteiger partial charge in [-0.05, 0) is 29.7 Å². The van der Waals surface area contributed by atoms with Crippen molar-refractivity contribution in [1.29, 1.82) is 0 Å². The number of hydrogen-bond donors (Lipinski definition) is 3. The molecule has 2 heterocycles. The summed E-state index contributed by atoms with van der Waals surface area (Å²) in [6.07, 6.45) is 1.67. The summed E-state index contributed by atoms with van der Waals surface area (Å²) in [4.78, 5) is 12.2. The molecule has 2 aromatic carbocycles. The summed E-state index contributed by atoms with van der Waals surface area (Å²) in [7, 11) is 1.75. The van der Waals surface area contributed by atoms with Crippen LogP contribution in [0.2, 0.25) is 0 Å². The number of aromatic amines is 1. The topological polar surface area (TPSA) is 78.2 Å². The minimum Gasteiger partial charge on any atom is -0.444 e. The van der Waals surface area contributed by atoms with Crippen molar-refractivity contribution < 1.29 is 4.42 Å². The number of rotatable bonds is 5. The Morgan fingerprint density at radius 3 is 2.63 bits per heavy atom. The molecular weight excluding hydrogens is 338 g/mol. The predicted octanol–water partition coefficient (Wildman–Crippen LogP) is 3.69. The number of hydrogen-bond acceptors (Lipinski definition) is 3. The first kappa shape index (κ1) is 16.9. The molecule has 0 amide bonds. The highest BCUT2D eigenvalue weighted by Crippen LogP contribution is 2.18. The van der Waals surface area contributed by atoms with Crippen LogP contribution < -0.4 is 10.6 Å². The van der Waals surface area contributed by atoms with E-state index in [1.165, 1.54) is 5.39 Å². The zero-order valence-electron chi connectivity index (χ0n) is 15.1. The molecule has 0 saturated heterocycles. The SMILES string of the molecule is CN=C(NCc1coc(-c2ccccc2)n1)NCc1cc2ccccc2[nH]1. The number of fused-ring (bicyclic) bond motifs is 1. The Morgan fingerprint density at radius 1 is 1.04 bits per heavy atom. The van der Waals surface area contributed by atoms with Gasteiger partial charge in [0.25, 0.3) is 0 Å². The molecule has 0 spiro atoms. The van der Waals surface area contributed by atoms with Crippen LogP contribution in [-0.2, 0) is 13.1 Å². The standard InChI is InChI=1S/C21H21N5O/c1-22-21(23-12-17-11-16-9-5-6-10-19(16)25-17)24-13-18-14-27-20(26-18)15-7-3-2-4-8-15/h2-11,14,25H,12-13H2,1H3,(H2,22,23,24). The van der Waals surface area contributed by atoms with E-state index in [1.807, 2.05) is 42.5 Å². The number of aromatic nitrogens is 2. The van der Waals surface area contributed by atoms with E-state index >= 15 is 0 Å². The van der Waals surface area contributed by atoms with Crippen molar-refractivity contribution in [1.82, 2.24) is 20.6 Å². The van der Waals surface area contributed by atoms with Crippen molar-refractivity contribution in [2.24, 2.45) is 4.99 Å². The third-order valence-electron chi connectivity index (χ3n) is 4.27. The van der Waals surface area contributed by atoms with Crippen LogP contribution in [0.3, 0.4) is 0 Å². The highest BCUT2D eigenvalue weighted by Gasteiger charge is 2.07. The normalized spacial score (nSPS) is 11.7. The maximum absolute atomic E-state index is 5.56. The van der Waals surface area contributed by atoms with Crippen LogP contribution >= 0.6 is 0 Å². The fourth-order valence-corrected chi connectivity index (χ4v) is 2.90. The van der Waals surface area contributed by atoms with Crippen molar-refractivity contribution in [2.75, 3.05) is 7.05 Å². The first-order valence-electron chi connectivity index (χ1n) is 8.83. The Labute approximate surface area is 157 Å². The third kappa shape index (κ3) is 4.00. The quantitative estimate of drug-likeness (QED) is 0.375. The maximum atomic E-state index is 5.56. The van der Waals surface area contributed by atoms with Crippen molar-refractivity contribution >= 4 is 16.9 Å². The van der Waals surface area contributed by atoms with Crippen LogP contribution in [0.5, 0.6) is 0 Å². The van der Waals surface area contributed by atoms with E-state index in [0.29, 0.717) is 24.9 Å². The lowest BCUT2D eigenvalue weighted by molar-refractivity contribution is 0.572. The number of oxazole rings is 1. The van der Waals surface area contributed by atoms with Crippen LogP contribution in [0.1, 0.15) is 11.4 Å². The summed E-state index contributed by atoms with van der Waals surface area (Å²) < 4.78 is 5.56. The second-order valence-electron chi connectivity index (χ2n) is 6.17. The van der Waals surface area contributed by atoms with E-state index in [9.17, 15) is 0 Å². The molecule has 6 nitrogen and oxygen atoms in total. The highest BCUT2D eigenvalue weighted by atomic mass is 16.3. The van der Waals surface area contributed by atoms with E-state index in [2.05, 4.69) is 43.8 Å². The zero-order chi connectivity index (χ0) is 18.5. The molecule has 4 aromatic rings. The van der Waals surface area contributed by atoms with Crippen LogP contribution in [0.4, 0.5) is 0 Å². The van der Waals surface area contributed by atoms with Crippen molar-refractivity contribution in [2.45, 2.75) is 13.1 Å². The van der Waals surface area contributed by atoms with Gasteiger partial charge in [0.1, 0.15) is 6.26 Å². The molecule has 0 aliphatic heterocycles. The van der Waals surface area contributed by atoms with Gasteiger partial charge in [0.05, 0.1) is 18.8 Å². The number of nitrogens with zero attached hydrogens (tertiary/aromatic N) is 2. The lowest BCUT2D eigenvalue weighted by atomic mass is 10.2. The third-order valence-corrected chi connectivity index (χ3v) is 4.27. The average Bonchev–Trinajstić information content (AvgIpc) is 3.35. The minimum absolute atomic E-state index is 0.530. The van der Waals surface area contributed by atoms with Gasteiger partial charge in [-0.25, -0.2) is 4.98 Å². The maximum Gasteiger partial charge on any atom is 0.226 e. The first-order chi connectivity index (χ1) is 13.3. The Kier molecular flexibility index (Phi) is 4.87. The van der Waals surface area contributed by atoms with E-state index in [1.54, 1.807) is 13.3 Å². The number of H-pyrrole nitrogens is 1. The number of aliphatic imine (C=N–C) groups is 1. The average molecular weight is 359 g/mol. The second-order valence-corrected chi connectivity index (χ2v) is 6.17. The van der Waals surface area contributed by atoms with Gasteiger partial charge in [-0.3, -0.25) is 4.99 Å². The Balaban J connectivity index is 1.33. The fourth-order valence-electron chi connectivity index (χ4n) is 2.90. The Morgan fingerprint density at radius 2 is 1.81 bits per heavy atom. The number of nitrogens with one attached hydrogen (secondary N) is 3. The molecule has 6 heteroatoms. The van der Waals surface area contributed by atoms with Gasteiger partial charge >= 0.3 is 0 Å². The summed E-state index contributed by atoms with van der Waals surface area (Å²) >= 11 is 0. The summed E-state index contributed by atoms with van der Waals surface area (Å²) in [5.41, 5.74) is 4.02. The van der Waals surface area contributed by atoms with Crippen molar-refractivity contribution in [3.05, 3.63) is 78.3 Å². The molecule has 0 aliphatic carbocycles. The van der Waals surface area contributed by atoms with Crippen LogP contribution in [0, 0.1) is 0 Å². The molecule has 0 aliphatic rings. The van der Waals surface area contributed by atoms with E-state index in [-0.39, 0.29) is 0 Å². The van der Waals surface area contributed by atoms with Crippen molar-refractivity contribution in [3.8, 4) is 11.5 Å². The van der Waals surface area contributed by atoms with Gasteiger partial charge in [-0.15, -0.1) is 0 Å². The number of para-hydroxylation sites is 1. The summed E-state index contributed by atoms with van der Waals surface area (Å²) in [6, 6.07) is 20.2. The molecule has 2 aromatic heterocycles. The molecule has 136 valence electrons. The number of benzene rings is 2. The minimum atomic E-state index is 0.530. The summed E-state index contributed by atoms with van der Waals surface area (Å²) in [6.45, 7) is 1.19. The molecule has 0 saturated carbocycles. The fraction of sp³-hybridized carbons (Fsp3) is 0.143. The molecular formula is C21H21N5O. The highest BCUT2D eigenvalue weighted by molar-refractivity contribution is 5.81. The lowest BCUT2D eigenvalue weighted by Gasteiger charge is -2.09. The van der Waals surface area contributed by atoms with Gasteiger partial charge in [-0.1, -0.05) is 36.4 Å². The predicted molar refractivity (Wildman–Crippen MR) is 107 cm³/mol. The smallest absolute Gasteiger partial charge is 0.226 e. The second kappa shape index (κ2) is 7.78. The van der Waals surface area contributed by atoms with Gasteiger partial charge < -0.3 is 20.0 Å².